The number of hydrogen-bond acceptors (Lipinski definition) is 2. The molecule has 0 aliphatic carbocycles. The zero-order chi connectivity index (χ0) is 14.1. The highest BCUT2D eigenvalue weighted by Gasteiger charge is 2.20. The van der Waals surface area contributed by atoms with Crippen molar-refractivity contribution in [3.05, 3.63) is 11.1 Å². The summed E-state index contributed by atoms with van der Waals surface area (Å²) >= 11 is 0. The van der Waals surface area contributed by atoms with Crippen molar-refractivity contribution in [2.24, 2.45) is 0 Å². The van der Waals surface area contributed by atoms with E-state index in [1.165, 1.54) is 31.3 Å². The van der Waals surface area contributed by atoms with Gasteiger partial charge in [-0.15, -0.1) is 0 Å². The number of unbranched alkanes of at least 4 members (excludes halogenated alkanes) is 4. The van der Waals surface area contributed by atoms with E-state index < -0.39 is 0 Å². The standard InChI is InChI=1S/C16H30N2O/c1-4-6-8-10-18(11-9-7-5-2)16(19)14(3)15-12-17-13-15/h17H,4-13H2,1-3H3. The van der Waals surface area contributed by atoms with Gasteiger partial charge in [0.1, 0.15) is 0 Å². The molecule has 0 atom stereocenters. The lowest BCUT2D eigenvalue weighted by molar-refractivity contribution is -0.127. The minimum absolute atomic E-state index is 0.267. The van der Waals surface area contributed by atoms with Crippen molar-refractivity contribution in [2.45, 2.75) is 59.3 Å². The van der Waals surface area contributed by atoms with E-state index >= 15 is 0 Å². The molecule has 19 heavy (non-hydrogen) atoms. The van der Waals surface area contributed by atoms with Crippen LogP contribution >= 0.6 is 0 Å². The van der Waals surface area contributed by atoms with Crippen LogP contribution in [0.2, 0.25) is 0 Å². The van der Waals surface area contributed by atoms with Crippen molar-refractivity contribution < 1.29 is 4.79 Å². The van der Waals surface area contributed by atoms with E-state index in [9.17, 15) is 4.79 Å². The second-order valence-electron chi connectivity index (χ2n) is 5.54. The van der Waals surface area contributed by atoms with E-state index in [1.54, 1.807) is 0 Å². The Morgan fingerprint density at radius 3 is 1.95 bits per heavy atom. The Hall–Kier alpha value is -0.830. The number of hydrogen-bond donors (Lipinski definition) is 1. The first-order chi connectivity index (χ1) is 9.20. The second-order valence-corrected chi connectivity index (χ2v) is 5.54. The van der Waals surface area contributed by atoms with Gasteiger partial charge in [0.15, 0.2) is 0 Å². The zero-order valence-electron chi connectivity index (χ0n) is 12.9. The largest absolute Gasteiger partial charge is 0.339 e. The van der Waals surface area contributed by atoms with E-state index in [1.807, 2.05) is 6.92 Å². The molecule has 1 rings (SSSR count). The van der Waals surface area contributed by atoms with E-state index in [4.69, 9.17) is 0 Å². The molecule has 110 valence electrons. The molecule has 3 nitrogen and oxygen atoms in total. The average Bonchev–Trinajstić information content (AvgIpc) is 2.34. The van der Waals surface area contributed by atoms with Crippen molar-refractivity contribution in [2.75, 3.05) is 26.2 Å². The van der Waals surface area contributed by atoms with Gasteiger partial charge in [-0.25, -0.2) is 0 Å². The van der Waals surface area contributed by atoms with Crippen LogP contribution in [-0.2, 0) is 4.79 Å². The maximum absolute atomic E-state index is 12.5. The average molecular weight is 266 g/mol. The third-order valence-electron chi connectivity index (χ3n) is 3.88. The van der Waals surface area contributed by atoms with Crippen molar-refractivity contribution in [1.82, 2.24) is 10.2 Å². The summed E-state index contributed by atoms with van der Waals surface area (Å²) in [6, 6.07) is 0. The van der Waals surface area contributed by atoms with Crippen LogP contribution in [0.3, 0.4) is 0 Å². The molecular formula is C16H30N2O. The molecule has 1 aliphatic heterocycles. The molecule has 1 heterocycles. The Kier molecular flexibility index (Phi) is 7.80. The van der Waals surface area contributed by atoms with E-state index in [-0.39, 0.29) is 5.91 Å². The van der Waals surface area contributed by atoms with Gasteiger partial charge in [0.05, 0.1) is 0 Å². The first-order valence-corrected chi connectivity index (χ1v) is 7.89. The number of rotatable bonds is 9. The third kappa shape index (κ3) is 5.35. The maximum Gasteiger partial charge on any atom is 0.249 e. The number of carbonyl (C=O) groups excluding carboxylic acids is 1. The molecular weight excluding hydrogens is 236 g/mol. The topological polar surface area (TPSA) is 32.3 Å². The number of carbonyl (C=O) groups is 1. The molecule has 0 bridgehead atoms. The minimum atomic E-state index is 0.267. The monoisotopic (exact) mass is 266 g/mol. The smallest absolute Gasteiger partial charge is 0.249 e. The van der Waals surface area contributed by atoms with Gasteiger partial charge >= 0.3 is 0 Å². The third-order valence-corrected chi connectivity index (χ3v) is 3.88. The molecule has 0 aromatic rings. The summed E-state index contributed by atoms with van der Waals surface area (Å²) in [7, 11) is 0. The Bertz CT molecular complexity index is 294. The Balaban J connectivity index is 2.52. The normalized spacial score (nSPS) is 14.2. The van der Waals surface area contributed by atoms with Crippen molar-refractivity contribution >= 4 is 5.91 Å². The predicted octanol–water partition coefficient (Wildman–Crippen LogP) is 3.12. The lowest BCUT2D eigenvalue weighted by Gasteiger charge is -2.27. The predicted molar refractivity (Wildman–Crippen MR) is 81.2 cm³/mol. The molecule has 1 saturated heterocycles. The number of amides is 1. The fourth-order valence-corrected chi connectivity index (χ4v) is 2.32. The number of nitrogens with zero attached hydrogens (tertiary/aromatic N) is 1. The molecule has 1 amide bonds. The van der Waals surface area contributed by atoms with Gasteiger partial charge in [0, 0.05) is 31.8 Å². The van der Waals surface area contributed by atoms with Gasteiger partial charge in [-0.3, -0.25) is 4.79 Å². The van der Waals surface area contributed by atoms with Gasteiger partial charge in [0.2, 0.25) is 5.91 Å². The van der Waals surface area contributed by atoms with Gasteiger partial charge in [0.25, 0.3) is 0 Å². The highest BCUT2D eigenvalue weighted by Crippen LogP contribution is 2.13. The highest BCUT2D eigenvalue weighted by molar-refractivity contribution is 5.94. The van der Waals surface area contributed by atoms with Crippen molar-refractivity contribution in [3.63, 3.8) is 0 Å². The van der Waals surface area contributed by atoms with Crippen LogP contribution in [0.4, 0.5) is 0 Å². The molecule has 1 fully saturated rings. The Morgan fingerprint density at radius 2 is 1.58 bits per heavy atom. The molecule has 0 unspecified atom stereocenters. The molecule has 0 aromatic heterocycles. The summed E-state index contributed by atoms with van der Waals surface area (Å²) in [5.41, 5.74) is 2.27. The van der Waals surface area contributed by atoms with Crippen LogP contribution in [0.15, 0.2) is 11.1 Å². The van der Waals surface area contributed by atoms with E-state index in [0.29, 0.717) is 0 Å². The highest BCUT2D eigenvalue weighted by atomic mass is 16.2. The van der Waals surface area contributed by atoms with Crippen LogP contribution in [0.1, 0.15) is 59.3 Å². The molecule has 1 N–H and O–H groups in total. The fraction of sp³-hybridized carbons (Fsp3) is 0.812. The van der Waals surface area contributed by atoms with Crippen LogP contribution in [0.5, 0.6) is 0 Å². The summed E-state index contributed by atoms with van der Waals surface area (Å²) in [6.07, 6.45) is 7.12. The molecule has 0 aromatic carbocycles. The summed E-state index contributed by atoms with van der Waals surface area (Å²) in [5.74, 6) is 0.267. The summed E-state index contributed by atoms with van der Waals surface area (Å²) in [6.45, 7) is 10.0. The molecule has 1 aliphatic rings. The van der Waals surface area contributed by atoms with E-state index in [2.05, 4.69) is 24.1 Å². The van der Waals surface area contributed by atoms with Crippen molar-refractivity contribution in [3.8, 4) is 0 Å². The second kappa shape index (κ2) is 9.13. The van der Waals surface area contributed by atoms with Crippen molar-refractivity contribution in [1.29, 1.82) is 0 Å². The Labute approximate surface area is 118 Å². The first kappa shape index (κ1) is 16.2. The lowest BCUT2D eigenvalue weighted by atomic mass is 10.0. The summed E-state index contributed by atoms with van der Waals surface area (Å²) in [4.78, 5) is 14.6. The summed E-state index contributed by atoms with van der Waals surface area (Å²) in [5, 5.41) is 3.21. The zero-order valence-corrected chi connectivity index (χ0v) is 12.9. The van der Waals surface area contributed by atoms with Gasteiger partial charge < -0.3 is 10.2 Å². The van der Waals surface area contributed by atoms with E-state index in [0.717, 1.165) is 44.6 Å². The van der Waals surface area contributed by atoms with Crippen LogP contribution in [-0.4, -0.2) is 37.0 Å². The maximum atomic E-state index is 12.5. The SMILES string of the molecule is CCCCCN(CCCCC)C(=O)C(C)=C1CNC1. The fourth-order valence-electron chi connectivity index (χ4n) is 2.32. The lowest BCUT2D eigenvalue weighted by Crippen LogP contribution is -2.39. The van der Waals surface area contributed by atoms with Crippen LogP contribution in [0.25, 0.3) is 0 Å². The minimum Gasteiger partial charge on any atom is -0.339 e. The van der Waals surface area contributed by atoms with Gasteiger partial charge in [-0.1, -0.05) is 39.5 Å². The van der Waals surface area contributed by atoms with Crippen LogP contribution in [0, 0.1) is 0 Å². The molecule has 0 spiro atoms. The molecule has 0 saturated carbocycles. The van der Waals surface area contributed by atoms with Gasteiger partial charge in [-0.05, 0) is 25.3 Å². The first-order valence-electron chi connectivity index (χ1n) is 7.89. The van der Waals surface area contributed by atoms with Crippen LogP contribution < -0.4 is 5.32 Å². The molecule has 3 heteroatoms. The molecule has 0 radical (unpaired) electrons. The van der Waals surface area contributed by atoms with Gasteiger partial charge in [-0.2, -0.15) is 0 Å². The quantitative estimate of drug-likeness (QED) is 0.514. The number of nitrogens with one attached hydrogen (secondary N) is 1. The summed E-state index contributed by atoms with van der Waals surface area (Å²) < 4.78 is 0. The Morgan fingerprint density at radius 1 is 1.05 bits per heavy atom.